The Morgan fingerprint density at radius 2 is 1.63 bits per heavy atom. The molecule has 1 aliphatic heterocycles. The first-order valence-corrected chi connectivity index (χ1v) is 13.6. The molecule has 0 spiro atoms. The van der Waals surface area contributed by atoms with E-state index in [0.29, 0.717) is 24.1 Å². The molecule has 0 aromatic heterocycles. The molecule has 38 heavy (non-hydrogen) atoms. The summed E-state index contributed by atoms with van der Waals surface area (Å²) in [7, 11) is 0. The maximum absolute atomic E-state index is 14.5. The molecule has 1 saturated carbocycles. The van der Waals surface area contributed by atoms with E-state index in [-0.39, 0.29) is 24.0 Å². The average molecular weight is 572 g/mol. The summed E-state index contributed by atoms with van der Waals surface area (Å²) in [5.41, 5.74) is 2.05. The SMILES string of the molecule is CC(C)(C)OC(=O)N1C(=O)[C@@](Cc2ccccc2)([C@H]2CC(=O)/C(=C/c3ccc(Br)cc3)C2)c2ccccc21. The topological polar surface area (TPSA) is 63.7 Å². The lowest BCUT2D eigenvalue weighted by atomic mass is 9.66. The van der Waals surface area contributed by atoms with Gasteiger partial charge in [-0.1, -0.05) is 76.6 Å². The predicted molar refractivity (Wildman–Crippen MR) is 152 cm³/mol. The highest BCUT2D eigenvalue weighted by Crippen LogP contribution is 2.53. The Morgan fingerprint density at radius 3 is 2.32 bits per heavy atom. The number of imide groups is 1. The van der Waals surface area contributed by atoms with Gasteiger partial charge in [0, 0.05) is 10.9 Å². The van der Waals surface area contributed by atoms with Crippen molar-refractivity contribution in [3.8, 4) is 0 Å². The molecule has 0 N–H and O–H groups in total. The number of nitrogens with zero attached hydrogens (tertiary/aromatic N) is 1. The third-order valence-electron chi connectivity index (χ3n) is 7.28. The zero-order valence-corrected chi connectivity index (χ0v) is 23.3. The Bertz CT molecular complexity index is 1420. The molecule has 6 heteroatoms. The summed E-state index contributed by atoms with van der Waals surface area (Å²) in [5, 5.41) is 0. The summed E-state index contributed by atoms with van der Waals surface area (Å²) in [4.78, 5) is 42.4. The van der Waals surface area contributed by atoms with E-state index in [0.717, 1.165) is 21.2 Å². The number of allylic oxidation sites excluding steroid dienone is 1. The highest BCUT2D eigenvalue weighted by atomic mass is 79.9. The molecule has 3 aromatic carbocycles. The average Bonchev–Trinajstić information content (AvgIpc) is 3.35. The minimum atomic E-state index is -1.08. The second kappa shape index (κ2) is 9.99. The molecule has 3 aromatic rings. The van der Waals surface area contributed by atoms with Crippen LogP contribution in [0.15, 0.2) is 88.9 Å². The van der Waals surface area contributed by atoms with Crippen LogP contribution in [0.5, 0.6) is 0 Å². The molecule has 5 nitrogen and oxygen atoms in total. The van der Waals surface area contributed by atoms with Crippen LogP contribution in [0.25, 0.3) is 6.08 Å². The van der Waals surface area contributed by atoms with Crippen molar-refractivity contribution in [3.63, 3.8) is 0 Å². The Morgan fingerprint density at radius 1 is 0.974 bits per heavy atom. The molecule has 5 rings (SSSR count). The van der Waals surface area contributed by atoms with E-state index in [2.05, 4.69) is 15.9 Å². The van der Waals surface area contributed by atoms with E-state index < -0.39 is 17.1 Å². The van der Waals surface area contributed by atoms with Gasteiger partial charge in [-0.2, -0.15) is 0 Å². The maximum Gasteiger partial charge on any atom is 0.421 e. The van der Waals surface area contributed by atoms with E-state index >= 15 is 0 Å². The van der Waals surface area contributed by atoms with Crippen molar-refractivity contribution < 1.29 is 19.1 Å². The number of ketones is 1. The van der Waals surface area contributed by atoms with Crippen molar-refractivity contribution in [1.29, 1.82) is 0 Å². The Hall–Kier alpha value is -3.51. The molecule has 0 bridgehead atoms. The van der Waals surface area contributed by atoms with Crippen LogP contribution in [0.1, 0.15) is 50.3 Å². The number of hydrogen-bond acceptors (Lipinski definition) is 4. The van der Waals surface area contributed by atoms with E-state index in [1.54, 1.807) is 26.8 Å². The molecule has 0 saturated heterocycles. The van der Waals surface area contributed by atoms with Gasteiger partial charge in [-0.05, 0) is 86.1 Å². The van der Waals surface area contributed by atoms with Crippen LogP contribution in [-0.4, -0.2) is 23.4 Å². The van der Waals surface area contributed by atoms with Gasteiger partial charge in [-0.15, -0.1) is 0 Å². The maximum atomic E-state index is 14.5. The molecular formula is C32H30BrNO4. The largest absolute Gasteiger partial charge is 0.443 e. The molecule has 194 valence electrons. The number of fused-ring (bicyclic) bond motifs is 1. The predicted octanol–water partition coefficient (Wildman–Crippen LogP) is 7.27. The minimum absolute atomic E-state index is 0.0337. The van der Waals surface area contributed by atoms with Gasteiger partial charge >= 0.3 is 6.09 Å². The van der Waals surface area contributed by atoms with Crippen LogP contribution in [0.4, 0.5) is 10.5 Å². The fraction of sp³-hybridized carbons (Fsp3) is 0.281. The van der Waals surface area contributed by atoms with Gasteiger partial charge in [0.1, 0.15) is 5.60 Å². The quantitative estimate of drug-likeness (QED) is 0.309. The summed E-state index contributed by atoms with van der Waals surface area (Å²) >= 11 is 3.45. The van der Waals surface area contributed by atoms with Gasteiger partial charge in [0.25, 0.3) is 0 Å². The first-order valence-electron chi connectivity index (χ1n) is 12.8. The molecule has 0 unspecified atom stereocenters. The van der Waals surface area contributed by atoms with Crippen LogP contribution in [0.3, 0.4) is 0 Å². The van der Waals surface area contributed by atoms with Crippen LogP contribution in [0.2, 0.25) is 0 Å². The first kappa shape index (κ1) is 26.1. The summed E-state index contributed by atoms with van der Waals surface area (Å²) < 4.78 is 6.64. The highest BCUT2D eigenvalue weighted by molar-refractivity contribution is 9.10. The van der Waals surface area contributed by atoms with Gasteiger partial charge in [-0.25, -0.2) is 9.69 Å². The van der Waals surface area contributed by atoms with Crippen LogP contribution < -0.4 is 4.90 Å². The monoisotopic (exact) mass is 571 g/mol. The number of hydrogen-bond donors (Lipinski definition) is 0. The van der Waals surface area contributed by atoms with E-state index in [1.165, 1.54) is 4.90 Å². The number of rotatable bonds is 4. The summed E-state index contributed by atoms with van der Waals surface area (Å²) in [6.45, 7) is 5.34. The normalized spacial score (nSPS) is 22.2. The van der Waals surface area contributed by atoms with Crippen LogP contribution in [-0.2, 0) is 26.2 Å². The van der Waals surface area contributed by atoms with Crippen LogP contribution >= 0.6 is 15.9 Å². The number of amides is 2. The summed E-state index contributed by atoms with van der Waals surface area (Å²) in [6, 6.07) is 25.0. The number of Topliss-reactive ketones (excluding diaryl/α,β-unsaturated/α-hetero) is 1. The number of carbonyl (C=O) groups is 3. The van der Waals surface area contributed by atoms with Crippen molar-refractivity contribution in [3.05, 3.63) is 106 Å². The third-order valence-corrected chi connectivity index (χ3v) is 7.80. The van der Waals surface area contributed by atoms with Crippen molar-refractivity contribution in [2.45, 2.75) is 51.0 Å². The van der Waals surface area contributed by atoms with Gasteiger partial charge in [0.2, 0.25) is 5.91 Å². The number of halogens is 1. The van der Waals surface area contributed by atoms with Crippen molar-refractivity contribution in [1.82, 2.24) is 0 Å². The van der Waals surface area contributed by atoms with E-state index in [4.69, 9.17) is 4.74 Å². The molecule has 2 atom stereocenters. The van der Waals surface area contributed by atoms with Crippen molar-refractivity contribution in [2.24, 2.45) is 5.92 Å². The fourth-order valence-corrected chi connectivity index (χ4v) is 5.91. The van der Waals surface area contributed by atoms with Gasteiger partial charge < -0.3 is 4.74 Å². The second-order valence-corrected chi connectivity index (χ2v) is 11.9. The Labute approximate surface area is 231 Å². The van der Waals surface area contributed by atoms with Gasteiger partial charge in [-0.3, -0.25) is 9.59 Å². The number of anilines is 1. The minimum Gasteiger partial charge on any atom is -0.443 e. The molecule has 2 aliphatic rings. The van der Waals surface area contributed by atoms with E-state index in [9.17, 15) is 14.4 Å². The van der Waals surface area contributed by atoms with Gasteiger partial charge in [0.15, 0.2) is 5.78 Å². The third kappa shape index (κ3) is 4.85. The smallest absolute Gasteiger partial charge is 0.421 e. The van der Waals surface area contributed by atoms with Crippen molar-refractivity contribution >= 4 is 45.5 Å². The first-order chi connectivity index (χ1) is 18.1. The highest BCUT2D eigenvalue weighted by Gasteiger charge is 2.59. The lowest BCUT2D eigenvalue weighted by molar-refractivity contribution is -0.125. The lowest BCUT2D eigenvalue weighted by Gasteiger charge is -2.34. The second-order valence-electron chi connectivity index (χ2n) is 11.0. The fourth-order valence-electron chi connectivity index (χ4n) is 5.64. The number of ether oxygens (including phenoxy) is 1. The molecule has 0 radical (unpaired) electrons. The number of benzene rings is 3. The van der Waals surface area contributed by atoms with Crippen LogP contribution in [0, 0.1) is 5.92 Å². The zero-order chi connectivity index (χ0) is 27.1. The molecule has 2 amide bonds. The zero-order valence-electron chi connectivity index (χ0n) is 21.7. The number of para-hydroxylation sites is 1. The summed E-state index contributed by atoms with van der Waals surface area (Å²) in [6.07, 6.45) is 2.29. The Kier molecular flexibility index (Phi) is 6.86. The Balaban J connectivity index is 1.61. The molecular weight excluding hydrogens is 542 g/mol. The molecule has 1 fully saturated rings. The summed E-state index contributed by atoms with van der Waals surface area (Å²) in [5.74, 6) is -0.608. The molecule has 1 heterocycles. The molecule has 1 aliphatic carbocycles. The standard InChI is InChI=1S/C32H30BrNO4/c1-31(2,3)38-30(37)34-27-12-8-7-11-26(27)32(29(34)36,20-22-9-5-4-6-10-22)24-18-23(28(35)19-24)17-21-13-15-25(33)16-14-21/h4-17,24H,18-20H2,1-3H3/b23-17+/t24-,32+/m1/s1. The van der Waals surface area contributed by atoms with E-state index in [1.807, 2.05) is 78.9 Å². The lowest BCUT2D eigenvalue weighted by Crippen LogP contribution is -2.49. The van der Waals surface area contributed by atoms with Crippen molar-refractivity contribution in [2.75, 3.05) is 4.90 Å². The van der Waals surface area contributed by atoms with Gasteiger partial charge in [0.05, 0.1) is 11.1 Å². The number of carbonyl (C=O) groups excluding carboxylic acids is 3.